The average Bonchev–Trinajstić information content (AvgIpc) is 2.56. The molecule has 1 amide bonds. The van der Waals surface area contributed by atoms with Gasteiger partial charge in [-0.25, -0.2) is 9.97 Å². The second-order valence-electron chi connectivity index (χ2n) is 6.07. The van der Waals surface area contributed by atoms with Gasteiger partial charge in [-0.2, -0.15) is 4.39 Å². The van der Waals surface area contributed by atoms with Gasteiger partial charge in [-0.05, 0) is 32.1 Å². The number of rotatable bonds is 3. The van der Waals surface area contributed by atoms with Gasteiger partial charge in [0.1, 0.15) is 6.33 Å². The Morgan fingerprint density at radius 2 is 1.73 bits per heavy atom. The van der Waals surface area contributed by atoms with Crippen molar-refractivity contribution in [2.24, 2.45) is 11.7 Å². The summed E-state index contributed by atoms with van der Waals surface area (Å²) in [6.45, 7) is 2.79. The molecule has 2 saturated heterocycles. The number of nitrogens with two attached hydrogens (primary N) is 1. The van der Waals surface area contributed by atoms with Gasteiger partial charge in [0.05, 0.1) is 5.92 Å². The molecule has 1 atom stereocenters. The molecular formula is C15H22FN5O. The second-order valence-corrected chi connectivity index (χ2v) is 6.07. The van der Waals surface area contributed by atoms with E-state index >= 15 is 0 Å². The first-order valence-electron chi connectivity index (χ1n) is 7.96. The van der Waals surface area contributed by atoms with Gasteiger partial charge in [-0.1, -0.05) is 0 Å². The Bertz CT molecular complexity index is 547. The quantitative estimate of drug-likeness (QED) is 0.911. The van der Waals surface area contributed by atoms with Crippen LogP contribution in [0.25, 0.3) is 0 Å². The number of carbonyl (C=O) groups is 1. The molecule has 2 aliphatic rings. The lowest BCUT2D eigenvalue weighted by Crippen LogP contribution is -2.42. The molecule has 1 aromatic rings. The summed E-state index contributed by atoms with van der Waals surface area (Å²) in [6, 6.07) is 0. The van der Waals surface area contributed by atoms with Crippen molar-refractivity contribution in [1.29, 1.82) is 0 Å². The maximum absolute atomic E-state index is 14.8. The third kappa shape index (κ3) is 2.98. The smallest absolute Gasteiger partial charge is 0.222 e. The van der Waals surface area contributed by atoms with Gasteiger partial charge in [0, 0.05) is 26.2 Å². The van der Waals surface area contributed by atoms with Crippen LogP contribution >= 0.6 is 0 Å². The molecular weight excluding hydrogens is 285 g/mol. The average molecular weight is 307 g/mol. The maximum Gasteiger partial charge on any atom is 0.222 e. The highest BCUT2D eigenvalue weighted by molar-refractivity contribution is 5.77. The summed E-state index contributed by atoms with van der Waals surface area (Å²) in [5.41, 5.74) is 5.39. The van der Waals surface area contributed by atoms with E-state index in [0.717, 1.165) is 38.8 Å². The van der Waals surface area contributed by atoms with Crippen molar-refractivity contribution in [3.05, 3.63) is 12.1 Å². The van der Waals surface area contributed by atoms with Gasteiger partial charge in [0.2, 0.25) is 11.7 Å². The number of carbonyl (C=O) groups excluding carboxylic acids is 1. The first-order chi connectivity index (χ1) is 10.7. The number of hydrogen-bond acceptors (Lipinski definition) is 5. The van der Waals surface area contributed by atoms with Gasteiger partial charge in [-0.3, -0.25) is 4.79 Å². The molecule has 0 radical (unpaired) electrons. The van der Waals surface area contributed by atoms with Gasteiger partial charge < -0.3 is 15.5 Å². The lowest BCUT2D eigenvalue weighted by Gasteiger charge is -2.33. The Morgan fingerprint density at radius 3 is 2.41 bits per heavy atom. The summed E-state index contributed by atoms with van der Waals surface area (Å²) in [5.74, 6) is -0.265. The third-order valence-electron chi connectivity index (χ3n) is 4.53. The molecule has 2 fully saturated rings. The molecule has 1 aromatic heterocycles. The summed E-state index contributed by atoms with van der Waals surface area (Å²) >= 11 is 0. The molecule has 1 unspecified atom stereocenters. The number of piperidine rings is 2. The highest BCUT2D eigenvalue weighted by Crippen LogP contribution is 2.29. The Kier molecular flexibility index (Phi) is 4.40. The fourth-order valence-electron chi connectivity index (χ4n) is 3.30. The minimum absolute atomic E-state index is 0.235. The van der Waals surface area contributed by atoms with Crippen LogP contribution in [-0.2, 0) is 4.79 Å². The monoisotopic (exact) mass is 307 g/mol. The maximum atomic E-state index is 14.8. The first kappa shape index (κ1) is 15.0. The van der Waals surface area contributed by atoms with Crippen molar-refractivity contribution in [2.45, 2.75) is 32.1 Å². The van der Waals surface area contributed by atoms with Crippen molar-refractivity contribution < 1.29 is 9.18 Å². The summed E-state index contributed by atoms with van der Waals surface area (Å²) in [5, 5.41) is 0. The highest BCUT2D eigenvalue weighted by atomic mass is 19.1. The second kappa shape index (κ2) is 6.46. The zero-order valence-electron chi connectivity index (χ0n) is 12.7. The molecule has 7 heteroatoms. The van der Waals surface area contributed by atoms with Crippen LogP contribution in [0.5, 0.6) is 0 Å². The van der Waals surface area contributed by atoms with E-state index < -0.39 is 0 Å². The SMILES string of the molecule is NC(=O)C1CCCN(c2ncnc(N3CCCCC3)c2F)C1. The van der Waals surface area contributed by atoms with E-state index in [9.17, 15) is 9.18 Å². The van der Waals surface area contributed by atoms with Crippen LogP contribution < -0.4 is 15.5 Å². The summed E-state index contributed by atoms with van der Waals surface area (Å²) < 4.78 is 14.8. The Morgan fingerprint density at radius 1 is 1.09 bits per heavy atom. The minimum Gasteiger partial charge on any atom is -0.369 e. The zero-order valence-corrected chi connectivity index (χ0v) is 12.7. The lowest BCUT2D eigenvalue weighted by atomic mass is 9.97. The van der Waals surface area contributed by atoms with Crippen LogP contribution in [0.2, 0.25) is 0 Å². The van der Waals surface area contributed by atoms with Crippen LogP contribution in [0.3, 0.4) is 0 Å². The van der Waals surface area contributed by atoms with E-state index in [-0.39, 0.29) is 17.6 Å². The lowest BCUT2D eigenvalue weighted by molar-refractivity contribution is -0.122. The molecule has 6 nitrogen and oxygen atoms in total. The van der Waals surface area contributed by atoms with E-state index in [1.807, 2.05) is 9.80 Å². The van der Waals surface area contributed by atoms with Crippen molar-refractivity contribution in [2.75, 3.05) is 36.0 Å². The molecule has 2 aliphatic heterocycles. The normalized spacial score (nSPS) is 22.7. The third-order valence-corrected chi connectivity index (χ3v) is 4.53. The van der Waals surface area contributed by atoms with Crippen LogP contribution in [0, 0.1) is 11.7 Å². The molecule has 0 aromatic carbocycles. The van der Waals surface area contributed by atoms with Crippen molar-refractivity contribution in [3.8, 4) is 0 Å². The van der Waals surface area contributed by atoms with E-state index in [0.29, 0.717) is 24.7 Å². The molecule has 3 heterocycles. The van der Waals surface area contributed by atoms with Crippen LogP contribution in [0.4, 0.5) is 16.0 Å². The van der Waals surface area contributed by atoms with E-state index in [1.165, 1.54) is 12.7 Å². The topological polar surface area (TPSA) is 75.4 Å². The predicted molar refractivity (Wildman–Crippen MR) is 82.2 cm³/mol. The number of nitrogens with zero attached hydrogens (tertiary/aromatic N) is 4. The number of halogens is 1. The van der Waals surface area contributed by atoms with Crippen molar-refractivity contribution >= 4 is 17.5 Å². The van der Waals surface area contributed by atoms with Gasteiger partial charge in [-0.15, -0.1) is 0 Å². The van der Waals surface area contributed by atoms with Crippen LogP contribution in [-0.4, -0.2) is 42.1 Å². The van der Waals surface area contributed by atoms with Gasteiger partial charge in [0.15, 0.2) is 11.6 Å². The summed E-state index contributed by atoms with van der Waals surface area (Å²) in [4.78, 5) is 23.4. The minimum atomic E-state index is -0.380. The molecule has 22 heavy (non-hydrogen) atoms. The fraction of sp³-hybridized carbons (Fsp3) is 0.667. The van der Waals surface area contributed by atoms with E-state index in [2.05, 4.69) is 9.97 Å². The molecule has 3 rings (SSSR count). The van der Waals surface area contributed by atoms with Crippen LogP contribution in [0.15, 0.2) is 6.33 Å². The number of hydrogen-bond donors (Lipinski definition) is 1. The molecule has 2 N–H and O–H groups in total. The standard InChI is InChI=1S/C15H22FN5O/c16-12-14(20-6-2-1-3-7-20)18-10-19-15(12)21-8-4-5-11(9-21)13(17)22/h10-11H,1-9H2,(H2,17,22). The number of amides is 1. The summed E-state index contributed by atoms with van der Waals surface area (Å²) in [7, 11) is 0. The number of aromatic nitrogens is 2. The zero-order chi connectivity index (χ0) is 15.5. The molecule has 0 spiro atoms. The molecule has 0 bridgehead atoms. The molecule has 0 saturated carbocycles. The molecule has 120 valence electrons. The van der Waals surface area contributed by atoms with Crippen LogP contribution in [0.1, 0.15) is 32.1 Å². The Hall–Kier alpha value is -1.92. The largest absolute Gasteiger partial charge is 0.369 e. The summed E-state index contributed by atoms with van der Waals surface area (Å²) in [6.07, 6.45) is 6.30. The fourth-order valence-corrected chi connectivity index (χ4v) is 3.30. The van der Waals surface area contributed by atoms with E-state index in [4.69, 9.17) is 5.73 Å². The van der Waals surface area contributed by atoms with Gasteiger partial charge >= 0.3 is 0 Å². The highest BCUT2D eigenvalue weighted by Gasteiger charge is 2.28. The first-order valence-corrected chi connectivity index (χ1v) is 7.96. The van der Waals surface area contributed by atoms with Crippen molar-refractivity contribution in [1.82, 2.24) is 9.97 Å². The van der Waals surface area contributed by atoms with Crippen molar-refractivity contribution in [3.63, 3.8) is 0 Å². The Balaban J connectivity index is 1.83. The number of anilines is 2. The van der Waals surface area contributed by atoms with Gasteiger partial charge in [0.25, 0.3) is 0 Å². The molecule has 0 aliphatic carbocycles. The number of primary amides is 1. The predicted octanol–water partition coefficient (Wildman–Crippen LogP) is 1.31. The van der Waals surface area contributed by atoms with E-state index in [1.54, 1.807) is 0 Å². The Labute approximate surface area is 129 Å².